The number of benzene rings is 2. The number of carbonyl (C=O) groups is 1. The van der Waals surface area contributed by atoms with Crippen LogP contribution in [0.2, 0.25) is 0 Å². The number of hydrogen-bond acceptors (Lipinski definition) is 3. The SMILES string of the molecule is COc1ccc2c(c1)OC[C@H](Cc1ccc(C(=O)N3CCCCC3)cc1)C2. The number of ether oxygens (including phenoxy) is 2. The molecule has 1 amide bonds. The van der Waals surface area contributed by atoms with Gasteiger partial charge in [0.1, 0.15) is 11.5 Å². The molecule has 0 saturated carbocycles. The van der Waals surface area contributed by atoms with Crippen molar-refractivity contribution >= 4 is 5.91 Å². The highest BCUT2D eigenvalue weighted by molar-refractivity contribution is 5.94. The van der Waals surface area contributed by atoms with Crippen molar-refractivity contribution in [2.75, 3.05) is 26.8 Å². The van der Waals surface area contributed by atoms with Gasteiger partial charge in [0.15, 0.2) is 0 Å². The van der Waals surface area contributed by atoms with Crippen LogP contribution >= 0.6 is 0 Å². The van der Waals surface area contributed by atoms with E-state index in [4.69, 9.17) is 9.47 Å². The lowest BCUT2D eigenvalue weighted by molar-refractivity contribution is 0.0724. The van der Waals surface area contributed by atoms with Gasteiger partial charge in [-0.3, -0.25) is 4.79 Å². The second kappa shape index (κ2) is 8.03. The summed E-state index contributed by atoms with van der Waals surface area (Å²) in [6.45, 7) is 2.50. The van der Waals surface area contributed by atoms with Gasteiger partial charge in [-0.05, 0) is 61.4 Å². The number of likely N-dealkylation sites (tertiary alicyclic amines) is 1. The molecule has 142 valence electrons. The molecule has 2 aliphatic heterocycles. The van der Waals surface area contributed by atoms with Crippen LogP contribution in [-0.4, -0.2) is 37.6 Å². The van der Waals surface area contributed by atoms with Gasteiger partial charge in [-0.1, -0.05) is 18.2 Å². The Balaban J connectivity index is 1.38. The summed E-state index contributed by atoms with van der Waals surface area (Å²) in [4.78, 5) is 14.6. The number of rotatable bonds is 4. The topological polar surface area (TPSA) is 38.8 Å². The largest absolute Gasteiger partial charge is 0.497 e. The Kier molecular flexibility index (Phi) is 5.33. The van der Waals surface area contributed by atoms with Gasteiger partial charge >= 0.3 is 0 Å². The molecule has 4 rings (SSSR count). The van der Waals surface area contributed by atoms with Gasteiger partial charge < -0.3 is 14.4 Å². The van der Waals surface area contributed by atoms with Crippen LogP contribution in [0.25, 0.3) is 0 Å². The van der Waals surface area contributed by atoms with E-state index in [1.54, 1.807) is 7.11 Å². The molecule has 4 heteroatoms. The summed E-state index contributed by atoms with van der Waals surface area (Å²) in [7, 11) is 1.67. The monoisotopic (exact) mass is 365 g/mol. The summed E-state index contributed by atoms with van der Waals surface area (Å²) in [5, 5.41) is 0. The first-order valence-electron chi connectivity index (χ1n) is 9.91. The van der Waals surface area contributed by atoms with Crippen LogP contribution in [0.4, 0.5) is 0 Å². The maximum Gasteiger partial charge on any atom is 0.253 e. The van der Waals surface area contributed by atoms with Gasteiger partial charge in [-0.15, -0.1) is 0 Å². The fourth-order valence-corrected chi connectivity index (χ4v) is 4.07. The van der Waals surface area contributed by atoms with E-state index in [1.165, 1.54) is 17.5 Å². The molecule has 1 saturated heterocycles. The van der Waals surface area contributed by atoms with Crippen molar-refractivity contribution < 1.29 is 14.3 Å². The minimum absolute atomic E-state index is 0.171. The molecule has 2 aliphatic rings. The summed E-state index contributed by atoms with van der Waals surface area (Å²) in [5.41, 5.74) is 3.30. The van der Waals surface area contributed by atoms with E-state index in [0.717, 1.165) is 55.8 Å². The van der Waals surface area contributed by atoms with Gasteiger partial charge in [-0.2, -0.15) is 0 Å². The van der Waals surface area contributed by atoms with Crippen LogP contribution in [0.5, 0.6) is 11.5 Å². The Morgan fingerprint density at radius 1 is 1.11 bits per heavy atom. The predicted molar refractivity (Wildman–Crippen MR) is 106 cm³/mol. The zero-order chi connectivity index (χ0) is 18.6. The minimum Gasteiger partial charge on any atom is -0.497 e. The van der Waals surface area contributed by atoms with Crippen molar-refractivity contribution in [3.05, 3.63) is 59.2 Å². The highest BCUT2D eigenvalue weighted by atomic mass is 16.5. The average molecular weight is 365 g/mol. The van der Waals surface area contributed by atoms with Crippen LogP contribution in [0, 0.1) is 5.92 Å². The quantitative estimate of drug-likeness (QED) is 0.818. The number of methoxy groups -OCH3 is 1. The van der Waals surface area contributed by atoms with Crippen LogP contribution in [-0.2, 0) is 12.8 Å². The molecule has 0 aliphatic carbocycles. The molecule has 2 aromatic carbocycles. The third kappa shape index (κ3) is 4.10. The molecule has 27 heavy (non-hydrogen) atoms. The second-order valence-corrected chi connectivity index (χ2v) is 7.61. The van der Waals surface area contributed by atoms with Crippen LogP contribution < -0.4 is 9.47 Å². The Hall–Kier alpha value is -2.49. The Morgan fingerprint density at radius 3 is 2.63 bits per heavy atom. The Morgan fingerprint density at radius 2 is 1.89 bits per heavy atom. The summed E-state index contributed by atoms with van der Waals surface area (Å²) in [6.07, 6.45) is 5.46. The molecule has 2 heterocycles. The van der Waals surface area contributed by atoms with Crippen molar-refractivity contribution in [2.45, 2.75) is 32.1 Å². The van der Waals surface area contributed by atoms with Crippen LogP contribution in [0.3, 0.4) is 0 Å². The molecule has 2 aromatic rings. The number of nitrogens with zero attached hydrogens (tertiary/aromatic N) is 1. The van der Waals surface area contributed by atoms with Gasteiger partial charge in [-0.25, -0.2) is 0 Å². The van der Waals surface area contributed by atoms with Gasteiger partial charge in [0.25, 0.3) is 5.91 Å². The van der Waals surface area contributed by atoms with E-state index in [0.29, 0.717) is 12.5 Å². The van der Waals surface area contributed by atoms with Gasteiger partial charge in [0, 0.05) is 30.6 Å². The summed E-state index contributed by atoms with van der Waals surface area (Å²) >= 11 is 0. The zero-order valence-corrected chi connectivity index (χ0v) is 15.9. The molecule has 1 atom stereocenters. The van der Waals surface area contributed by atoms with E-state index in [-0.39, 0.29) is 5.91 Å². The lowest BCUT2D eigenvalue weighted by Gasteiger charge is -2.27. The van der Waals surface area contributed by atoms with E-state index in [1.807, 2.05) is 29.2 Å². The lowest BCUT2D eigenvalue weighted by atomic mass is 9.90. The molecule has 0 radical (unpaired) electrons. The third-order valence-electron chi connectivity index (χ3n) is 5.63. The Labute approximate surface area is 161 Å². The molecule has 0 spiro atoms. The molecular formula is C23H27NO3. The first kappa shape index (κ1) is 17.9. The number of amides is 1. The fourth-order valence-electron chi connectivity index (χ4n) is 4.07. The predicted octanol–water partition coefficient (Wildman–Crippen LogP) is 4.12. The summed E-state index contributed by atoms with van der Waals surface area (Å²) in [6, 6.07) is 14.2. The first-order chi connectivity index (χ1) is 13.2. The molecular weight excluding hydrogens is 338 g/mol. The minimum atomic E-state index is 0.171. The molecule has 0 bridgehead atoms. The standard InChI is InChI=1S/C23H27NO3/c1-26-21-10-9-20-14-18(16-27-22(20)15-21)13-17-5-7-19(8-6-17)23(25)24-11-3-2-4-12-24/h5-10,15,18H,2-4,11-14,16H2,1H3/t18-/m1/s1. The molecule has 1 fully saturated rings. The first-order valence-corrected chi connectivity index (χ1v) is 9.91. The van der Waals surface area contributed by atoms with E-state index in [9.17, 15) is 4.79 Å². The van der Waals surface area contributed by atoms with Gasteiger partial charge in [0.2, 0.25) is 0 Å². The van der Waals surface area contributed by atoms with Crippen molar-refractivity contribution in [3.8, 4) is 11.5 Å². The van der Waals surface area contributed by atoms with E-state index < -0.39 is 0 Å². The van der Waals surface area contributed by atoms with E-state index in [2.05, 4.69) is 18.2 Å². The zero-order valence-electron chi connectivity index (χ0n) is 15.9. The number of piperidine rings is 1. The molecule has 0 unspecified atom stereocenters. The summed E-state index contributed by atoms with van der Waals surface area (Å²) in [5.74, 6) is 2.40. The molecule has 0 aromatic heterocycles. The average Bonchev–Trinajstić information content (AvgIpc) is 2.74. The van der Waals surface area contributed by atoms with Crippen molar-refractivity contribution in [2.24, 2.45) is 5.92 Å². The number of carbonyl (C=O) groups excluding carboxylic acids is 1. The maximum atomic E-state index is 12.6. The fraction of sp³-hybridized carbons (Fsp3) is 0.435. The lowest BCUT2D eigenvalue weighted by Crippen LogP contribution is -2.35. The Bertz CT molecular complexity index is 794. The molecule has 0 N–H and O–H groups in total. The van der Waals surface area contributed by atoms with Crippen LogP contribution in [0.15, 0.2) is 42.5 Å². The van der Waals surface area contributed by atoms with Crippen LogP contribution in [0.1, 0.15) is 40.7 Å². The third-order valence-corrected chi connectivity index (χ3v) is 5.63. The van der Waals surface area contributed by atoms with Gasteiger partial charge in [0.05, 0.1) is 13.7 Å². The van der Waals surface area contributed by atoms with Crippen molar-refractivity contribution in [3.63, 3.8) is 0 Å². The number of fused-ring (bicyclic) bond motifs is 1. The smallest absolute Gasteiger partial charge is 0.253 e. The number of hydrogen-bond donors (Lipinski definition) is 0. The van der Waals surface area contributed by atoms with Crippen molar-refractivity contribution in [1.82, 2.24) is 4.90 Å². The molecule has 4 nitrogen and oxygen atoms in total. The van der Waals surface area contributed by atoms with Crippen molar-refractivity contribution in [1.29, 1.82) is 0 Å². The highest BCUT2D eigenvalue weighted by Gasteiger charge is 2.21. The maximum absolute atomic E-state index is 12.6. The second-order valence-electron chi connectivity index (χ2n) is 7.61. The summed E-state index contributed by atoms with van der Waals surface area (Å²) < 4.78 is 11.2. The highest BCUT2D eigenvalue weighted by Crippen LogP contribution is 2.32. The van der Waals surface area contributed by atoms with E-state index >= 15 is 0 Å². The normalized spacial score (nSPS) is 19.1.